The molecule has 1 aromatic rings. The molecule has 82 valence electrons. The predicted octanol–water partition coefficient (Wildman–Crippen LogP) is 3.16. The van der Waals surface area contributed by atoms with E-state index in [9.17, 15) is 4.79 Å². The van der Waals surface area contributed by atoms with Crippen molar-refractivity contribution < 1.29 is 9.53 Å². The molecule has 15 heavy (non-hydrogen) atoms. The number of hydrogen-bond acceptors (Lipinski definition) is 2. The number of carbonyl (C=O) groups excluding carboxylic acids is 1. The highest BCUT2D eigenvalue weighted by atomic mass is 16.5. The smallest absolute Gasteiger partial charge is 0.338 e. The lowest BCUT2D eigenvalue weighted by Crippen LogP contribution is -2.18. The quantitative estimate of drug-likeness (QED) is 0.695. The van der Waals surface area contributed by atoms with Crippen LogP contribution in [0.3, 0.4) is 0 Å². The maximum Gasteiger partial charge on any atom is 0.338 e. The van der Waals surface area contributed by atoms with Gasteiger partial charge in [0.25, 0.3) is 0 Å². The van der Waals surface area contributed by atoms with Crippen molar-refractivity contribution in [2.24, 2.45) is 0 Å². The fraction of sp³-hybridized carbons (Fsp3) is 0.462. The van der Waals surface area contributed by atoms with Crippen molar-refractivity contribution in [3.05, 3.63) is 35.4 Å². The monoisotopic (exact) mass is 206 g/mol. The zero-order valence-corrected chi connectivity index (χ0v) is 9.83. The summed E-state index contributed by atoms with van der Waals surface area (Å²) < 4.78 is 5.02. The highest BCUT2D eigenvalue weighted by Gasteiger charge is 2.21. The van der Waals surface area contributed by atoms with E-state index >= 15 is 0 Å². The first-order valence-electron chi connectivity index (χ1n) is 5.23. The van der Waals surface area contributed by atoms with Gasteiger partial charge in [0.2, 0.25) is 0 Å². The van der Waals surface area contributed by atoms with Gasteiger partial charge in [-0.1, -0.05) is 39.0 Å². The summed E-state index contributed by atoms with van der Waals surface area (Å²) in [6.07, 6.45) is 0. The summed E-state index contributed by atoms with van der Waals surface area (Å²) >= 11 is 0. The van der Waals surface area contributed by atoms with Gasteiger partial charge in [0, 0.05) is 0 Å². The van der Waals surface area contributed by atoms with Gasteiger partial charge in [-0.2, -0.15) is 0 Å². The Bertz CT molecular complexity index is 348. The van der Waals surface area contributed by atoms with E-state index in [2.05, 4.69) is 20.8 Å². The second kappa shape index (κ2) is 4.47. The summed E-state index contributed by atoms with van der Waals surface area (Å²) in [6.45, 7) is 8.50. The molecule has 0 N–H and O–H groups in total. The summed E-state index contributed by atoms with van der Waals surface area (Å²) in [7, 11) is 0. The molecule has 1 rings (SSSR count). The van der Waals surface area contributed by atoms with Crippen LogP contribution in [0, 0.1) is 0 Å². The van der Waals surface area contributed by atoms with E-state index in [1.165, 1.54) is 0 Å². The zero-order valence-electron chi connectivity index (χ0n) is 9.83. The van der Waals surface area contributed by atoms with Crippen LogP contribution in [0.15, 0.2) is 24.3 Å². The molecule has 0 radical (unpaired) electrons. The van der Waals surface area contributed by atoms with Gasteiger partial charge in [0.05, 0.1) is 12.2 Å². The fourth-order valence-corrected chi connectivity index (χ4v) is 1.52. The summed E-state index contributed by atoms with van der Waals surface area (Å²) in [5.74, 6) is -0.233. The second-order valence-corrected chi connectivity index (χ2v) is 4.52. The summed E-state index contributed by atoms with van der Waals surface area (Å²) in [4.78, 5) is 11.7. The van der Waals surface area contributed by atoms with Crippen molar-refractivity contribution in [2.75, 3.05) is 6.61 Å². The molecule has 0 heterocycles. The molecule has 0 saturated carbocycles. The SMILES string of the molecule is CCOC(=O)c1ccccc1C(C)(C)C. The minimum Gasteiger partial charge on any atom is -0.462 e. The molecule has 1 aromatic carbocycles. The van der Waals surface area contributed by atoms with Gasteiger partial charge in [-0.3, -0.25) is 0 Å². The number of benzene rings is 1. The molecule has 2 nitrogen and oxygen atoms in total. The summed E-state index contributed by atoms with van der Waals surface area (Å²) in [5.41, 5.74) is 1.67. The lowest BCUT2D eigenvalue weighted by molar-refractivity contribution is 0.0523. The zero-order chi connectivity index (χ0) is 11.5. The van der Waals surface area contributed by atoms with Crippen molar-refractivity contribution in [2.45, 2.75) is 33.1 Å². The summed E-state index contributed by atoms with van der Waals surface area (Å²) in [5, 5.41) is 0. The van der Waals surface area contributed by atoms with E-state index in [-0.39, 0.29) is 11.4 Å². The Morgan fingerprint density at radius 2 is 1.87 bits per heavy atom. The van der Waals surface area contributed by atoms with Crippen molar-refractivity contribution in [3.63, 3.8) is 0 Å². The van der Waals surface area contributed by atoms with Gasteiger partial charge >= 0.3 is 5.97 Å². The molecule has 2 heteroatoms. The molecule has 0 spiro atoms. The van der Waals surface area contributed by atoms with Gasteiger partial charge in [-0.05, 0) is 24.0 Å². The highest BCUT2D eigenvalue weighted by Crippen LogP contribution is 2.26. The third-order valence-electron chi connectivity index (χ3n) is 2.23. The molecule has 0 bridgehead atoms. The molecule has 0 aliphatic carbocycles. The van der Waals surface area contributed by atoms with Crippen molar-refractivity contribution >= 4 is 5.97 Å². The van der Waals surface area contributed by atoms with Gasteiger partial charge in [0.15, 0.2) is 0 Å². The van der Waals surface area contributed by atoms with Crippen LogP contribution in [0.5, 0.6) is 0 Å². The first-order valence-corrected chi connectivity index (χ1v) is 5.23. The van der Waals surface area contributed by atoms with Gasteiger partial charge in [0.1, 0.15) is 0 Å². The van der Waals surface area contributed by atoms with Crippen LogP contribution in [-0.4, -0.2) is 12.6 Å². The van der Waals surface area contributed by atoms with Crippen LogP contribution in [0.2, 0.25) is 0 Å². The van der Waals surface area contributed by atoms with Crippen molar-refractivity contribution in [3.8, 4) is 0 Å². The molecular weight excluding hydrogens is 188 g/mol. The van der Waals surface area contributed by atoms with E-state index in [0.29, 0.717) is 12.2 Å². The minimum absolute atomic E-state index is 0.0383. The molecular formula is C13H18O2. The van der Waals surface area contributed by atoms with E-state index < -0.39 is 0 Å². The molecule has 0 fully saturated rings. The Hall–Kier alpha value is -1.31. The molecule has 0 atom stereocenters. The van der Waals surface area contributed by atoms with Crippen LogP contribution in [-0.2, 0) is 10.2 Å². The third kappa shape index (κ3) is 2.82. The molecule has 0 amide bonds. The number of ether oxygens (including phenoxy) is 1. The van der Waals surface area contributed by atoms with Gasteiger partial charge < -0.3 is 4.74 Å². The van der Waals surface area contributed by atoms with E-state index in [1.807, 2.05) is 31.2 Å². The van der Waals surface area contributed by atoms with E-state index in [1.54, 1.807) is 0 Å². The number of rotatable bonds is 2. The normalized spacial score (nSPS) is 11.2. The molecule has 0 aliphatic rings. The Kier molecular flexibility index (Phi) is 3.51. The molecule has 0 unspecified atom stereocenters. The maximum atomic E-state index is 11.7. The average molecular weight is 206 g/mol. The minimum atomic E-state index is -0.233. The topological polar surface area (TPSA) is 26.3 Å². The lowest BCUT2D eigenvalue weighted by Gasteiger charge is -2.21. The first kappa shape index (κ1) is 11.8. The third-order valence-corrected chi connectivity index (χ3v) is 2.23. The number of hydrogen-bond donors (Lipinski definition) is 0. The van der Waals surface area contributed by atoms with Gasteiger partial charge in [-0.15, -0.1) is 0 Å². The Morgan fingerprint density at radius 3 is 2.40 bits per heavy atom. The predicted molar refractivity (Wildman–Crippen MR) is 61.1 cm³/mol. The van der Waals surface area contributed by atoms with Crippen LogP contribution in [0.4, 0.5) is 0 Å². The molecule has 0 aliphatic heterocycles. The number of carbonyl (C=O) groups is 1. The molecule has 0 aromatic heterocycles. The Morgan fingerprint density at radius 1 is 1.27 bits per heavy atom. The first-order chi connectivity index (χ1) is 6.96. The molecule has 0 saturated heterocycles. The summed E-state index contributed by atoms with van der Waals surface area (Å²) in [6, 6.07) is 7.61. The van der Waals surface area contributed by atoms with Crippen LogP contribution >= 0.6 is 0 Å². The Labute approximate surface area is 91.3 Å². The van der Waals surface area contributed by atoms with Crippen LogP contribution < -0.4 is 0 Å². The largest absolute Gasteiger partial charge is 0.462 e. The average Bonchev–Trinajstić information content (AvgIpc) is 2.17. The van der Waals surface area contributed by atoms with Crippen molar-refractivity contribution in [1.29, 1.82) is 0 Å². The van der Waals surface area contributed by atoms with E-state index in [0.717, 1.165) is 5.56 Å². The standard InChI is InChI=1S/C13H18O2/c1-5-15-12(14)10-8-6-7-9-11(10)13(2,3)4/h6-9H,5H2,1-4H3. The lowest BCUT2D eigenvalue weighted by atomic mass is 9.84. The van der Waals surface area contributed by atoms with Gasteiger partial charge in [-0.25, -0.2) is 4.79 Å². The van der Waals surface area contributed by atoms with Crippen molar-refractivity contribution in [1.82, 2.24) is 0 Å². The van der Waals surface area contributed by atoms with E-state index in [4.69, 9.17) is 4.74 Å². The maximum absolute atomic E-state index is 11.7. The number of esters is 1. The van der Waals surface area contributed by atoms with Crippen LogP contribution in [0.25, 0.3) is 0 Å². The second-order valence-electron chi connectivity index (χ2n) is 4.52. The highest BCUT2D eigenvalue weighted by molar-refractivity contribution is 5.91. The van der Waals surface area contributed by atoms with Crippen LogP contribution in [0.1, 0.15) is 43.6 Å². The Balaban J connectivity index is 3.12. The fourth-order valence-electron chi connectivity index (χ4n) is 1.52.